The second-order valence-electron chi connectivity index (χ2n) is 9.07. The molecule has 2 atom stereocenters. The SMILES string of the molecule is CN1C(=O)N(c2cc(Cl)cc(Cl)c2)C(=O)[C@]12CN(C(=O)CSc1ccncc1)C[C@H]2c1ccc(C#N)cc1. The standard InChI is InChI=1S/C27H21Cl2N5O3S/c1-32-26(37)34(21-11-19(28)10-20(29)12-21)25(36)27(32)16-33(24(35)15-38-22-6-8-31-9-7-22)14-23(27)18-4-2-17(13-30)3-5-18/h2-12,23H,14-16H2,1H3/t23-,27+/m0/s1. The Kier molecular flexibility index (Phi) is 7.05. The van der Waals surface area contributed by atoms with Crippen LogP contribution < -0.4 is 4.90 Å². The van der Waals surface area contributed by atoms with Gasteiger partial charge in [-0.3, -0.25) is 14.6 Å². The summed E-state index contributed by atoms with van der Waals surface area (Å²) in [7, 11) is 1.57. The van der Waals surface area contributed by atoms with Gasteiger partial charge in [0.1, 0.15) is 5.54 Å². The lowest BCUT2D eigenvalue weighted by Gasteiger charge is -2.33. The van der Waals surface area contributed by atoms with E-state index in [4.69, 9.17) is 23.2 Å². The predicted molar refractivity (Wildman–Crippen MR) is 145 cm³/mol. The van der Waals surface area contributed by atoms with Gasteiger partial charge in [0.15, 0.2) is 0 Å². The zero-order valence-electron chi connectivity index (χ0n) is 20.2. The molecule has 1 spiro atoms. The lowest BCUT2D eigenvalue weighted by Crippen LogP contribution is -2.54. The molecule has 1 aromatic heterocycles. The molecule has 2 fully saturated rings. The first-order valence-corrected chi connectivity index (χ1v) is 13.4. The number of thioether (sulfide) groups is 1. The minimum atomic E-state index is -1.35. The normalized spacial score (nSPS) is 20.9. The van der Waals surface area contributed by atoms with Crippen LogP contribution in [-0.2, 0) is 9.59 Å². The maximum absolute atomic E-state index is 14.2. The Balaban J connectivity index is 1.52. The molecule has 0 N–H and O–H groups in total. The van der Waals surface area contributed by atoms with Crippen LogP contribution >= 0.6 is 35.0 Å². The highest BCUT2D eigenvalue weighted by atomic mass is 35.5. The summed E-state index contributed by atoms with van der Waals surface area (Å²) in [5, 5.41) is 9.82. The van der Waals surface area contributed by atoms with Crippen molar-refractivity contribution >= 4 is 58.5 Å². The molecule has 3 aromatic rings. The quantitative estimate of drug-likeness (QED) is 0.325. The fourth-order valence-corrected chi connectivity index (χ4v) is 6.37. The van der Waals surface area contributed by atoms with E-state index in [0.717, 1.165) is 15.4 Å². The van der Waals surface area contributed by atoms with Crippen LogP contribution in [0.5, 0.6) is 0 Å². The van der Waals surface area contributed by atoms with E-state index in [2.05, 4.69) is 11.1 Å². The van der Waals surface area contributed by atoms with Gasteiger partial charge >= 0.3 is 6.03 Å². The van der Waals surface area contributed by atoms with Gasteiger partial charge in [0.05, 0.1) is 29.6 Å². The summed E-state index contributed by atoms with van der Waals surface area (Å²) >= 11 is 13.7. The highest BCUT2D eigenvalue weighted by molar-refractivity contribution is 8.00. The first kappa shape index (κ1) is 26.0. The van der Waals surface area contributed by atoms with E-state index in [1.54, 1.807) is 48.6 Å². The Morgan fingerprint density at radius 3 is 2.39 bits per heavy atom. The van der Waals surface area contributed by atoms with Gasteiger partial charge in [-0.25, -0.2) is 9.69 Å². The Hall–Kier alpha value is -3.58. The van der Waals surface area contributed by atoms with E-state index >= 15 is 0 Å². The number of likely N-dealkylation sites (tertiary alicyclic amines) is 1. The number of carbonyl (C=O) groups is 3. The van der Waals surface area contributed by atoms with Crippen molar-refractivity contribution in [2.75, 3.05) is 30.8 Å². The number of aromatic nitrogens is 1. The number of carbonyl (C=O) groups excluding carboxylic acids is 3. The molecular weight excluding hydrogens is 545 g/mol. The monoisotopic (exact) mass is 565 g/mol. The highest BCUT2D eigenvalue weighted by Crippen LogP contribution is 2.46. The summed E-state index contributed by atoms with van der Waals surface area (Å²) in [5.41, 5.74) is 0.134. The van der Waals surface area contributed by atoms with Gasteiger partial charge in [-0.15, -0.1) is 11.8 Å². The summed E-state index contributed by atoms with van der Waals surface area (Å²) in [4.78, 5) is 50.1. The molecule has 3 heterocycles. The fraction of sp³-hybridized carbons (Fsp3) is 0.222. The maximum Gasteiger partial charge on any atom is 0.332 e. The smallest absolute Gasteiger partial charge is 0.332 e. The van der Waals surface area contributed by atoms with Crippen LogP contribution in [0.4, 0.5) is 10.5 Å². The Labute approximate surface area is 233 Å². The summed E-state index contributed by atoms with van der Waals surface area (Å²) in [6.45, 7) is 0.258. The zero-order valence-corrected chi connectivity index (χ0v) is 22.5. The van der Waals surface area contributed by atoms with Gasteiger partial charge in [0.2, 0.25) is 5.91 Å². The first-order chi connectivity index (χ1) is 18.2. The average molecular weight is 566 g/mol. The minimum Gasteiger partial charge on any atom is -0.338 e. The summed E-state index contributed by atoms with van der Waals surface area (Å²) in [6.07, 6.45) is 3.32. The molecule has 0 aliphatic carbocycles. The number of halogens is 2. The number of nitrogens with zero attached hydrogens (tertiary/aromatic N) is 5. The van der Waals surface area contributed by atoms with Crippen LogP contribution in [0.15, 0.2) is 71.9 Å². The molecule has 0 radical (unpaired) electrons. The van der Waals surface area contributed by atoms with Crippen molar-refractivity contribution < 1.29 is 14.4 Å². The molecule has 11 heteroatoms. The van der Waals surface area contributed by atoms with E-state index in [0.29, 0.717) is 5.56 Å². The maximum atomic E-state index is 14.2. The van der Waals surface area contributed by atoms with Crippen LogP contribution in [-0.4, -0.2) is 64.1 Å². The third-order valence-corrected chi connectivity index (χ3v) is 8.41. The van der Waals surface area contributed by atoms with Crippen LogP contribution in [0.1, 0.15) is 17.0 Å². The van der Waals surface area contributed by atoms with Crippen LogP contribution in [0, 0.1) is 11.3 Å². The van der Waals surface area contributed by atoms with Crippen molar-refractivity contribution in [2.45, 2.75) is 16.4 Å². The Morgan fingerprint density at radius 2 is 1.76 bits per heavy atom. The third kappa shape index (κ3) is 4.49. The van der Waals surface area contributed by atoms with Gasteiger partial charge in [-0.2, -0.15) is 5.26 Å². The number of anilines is 1. The molecular formula is C27H21Cl2N5O3S. The second-order valence-corrected chi connectivity index (χ2v) is 11.0. The van der Waals surface area contributed by atoms with E-state index in [-0.39, 0.29) is 40.5 Å². The van der Waals surface area contributed by atoms with Gasteiger partial charge in [-0.05, 0) is 48.0 Å². The van der Waals surface area contributed by atoms with Gasteiger partial charge in [-0.1, -0.05) is 35.3 Å². The van der Waals surface area contributed by atoms with Crippen molar-refractivity contribution in [1.29, 1.82) is 5.26 Å². The lowest BCUT2D eigenvalue weighted by molar-refractivity contribution is -0.128. The van der Waals surface area contributed by atoms with E-state index in [1.165, 1.54) is 34.9 Å². The zero-order chi connectivity index (χ0) is 27.0. The number of hydrogen-bond donors (Lipinski definition) is 0. The van der Waals surface area contributed by atoms with Crippen molar-refractivity contribution in [1.82, 2.24) is 14.8 Å². The fourth-order valence-electron chi connectivity index (χ4n) is 5.07. The number of hydrogen-bond acceptors (Lipinski definition) is 6. The van der Waals surface area contributed by atoms with Gasteiger partial charge < -0.3 is 9.80 Å². The molecule has 0 saturated carbocycles. The number of imide groups is 1. The predicted octanol–water partition coefficient (Wildman–Crippen LogP) is 4.82. The molecule has 2 aliphatic rings. The number of urea groups is 1. The van der Waals surface area contributed by atoms with E-state index < -0.39 is 23.4 Å². The topological polar surface area (TPSA) is 97.6 Å². The van der Waals surface area contributed by atoms with Crippen LogP contribution in [0.25, 0.3) is 0 Å². The molecule has 0 bridgehead atoms. The third-order valence-electron chi connectivity index (χ3n) is 6.97. The van der Waals surface area contributed by atoms with Gasteiger partial charge in [0.25, 0.3) is 5.91 Å². The number of likely N-dealkylation sites (N-methyl/N-ethyl adjacent to an activating group) is 1. The molecule has 4 amide bonds. The minimum absolute atomic E-state index is 0.0271. The number of nitriles is 1. The summed E-state index contributed by atoms with van der Waals surface area (Å²) < 4.78 is 0. The highest BCUT2D eigenvalue weighted by Gasteiger charge is 2.64. The average Bonchev–Trinajstić information content (AvgIpc) is 3.40. The Bertz CT molecular complexity index is 1440. The van der Waals surface area contributed by atoms with Gasteiger partial charge in [0, 0.05) is 46.8 Å². The van der Waals surface area contributed by atoms with E-state index in [9.17, 15) is 19.6 Å². The molecule has 2 saturated heterocycles. The molecule has 38 heavy (non-hydrogen) atoms. The summed E-state index contributed by atoms with van der Waals surface area (Å²) in [6, 6.07) is 16.6. The van der Waals surface area contributed by atoms with Crippen molar-refractivity contribution in [3.8, 4) is 6.07 Å². The summed E-state index contributed by atoms with van der Waals surface area (Å²) in [5.74, 6) is -0.971. The number of benzene rings is 2. The first-order valence-electron chi connectivity index (χ1n) is 11.6. The molecule has 2 aromatic carbocycles. The second kappa shape index (κ2) is 10.3. The molecule has 8 nitrogen and oxygen atoms in total. The van der Waals surface area contributed by atoms with Crippen LogP contribution in [0.2, 0.25) is 10.0 Å². The number of rotatable bonds is 5. The van der Waals surface area contributed by atoms with E-state index in [1.807, 2.05) is 12.1 Å². The molecule has 0 unspecified atom stereocenters. The molecule has 2 aliphatic heterocycles. The largest absolute Gasteiger partial charge is 0.338 e. The van der Waals surface area contributed by atoms with Crippen molar-refractivity contribution in [3.05, 3.63) is 88.2 Å². The van der Waals surface area contributed by atoms with Crippen molar-refractivity contribution in [3.63, 3.8) is 0 Å². The molecule has 192 valence electrons. The van der Waals surface area contributed by atoms with Crippen LogP contribution in [0.3, 0.4) is 0 Å². The van der Waals surface area contributed by atoms with Crippen molar-refractivity contribution in [2.24, 2.45) is 0 Å². The Morgan fingerprint density at radius 1 is 1.11 bits per heavy atom. The number of amides is 4. The molecule has 5 rings (SSSR count). The lowest BCUT2D eigenvalue weighted by atomic mass is 9.80. The number of pyridine rings is 1.